The van der Waals surface area contributed by atoms with Gasteiger partial charge in [-0.1, -0.05) is 0 Å². The van der Waals surface area contributed by atoms with Crippen LogP contribution in [0.25, 0.3) is 0 Å². The van der Waals surface area contributed by atoms with E-state index in [4.69, 9.17) is 9.15 Å². The normalized spacial score (nSPS) is 19.4. The van der Waals surface area contributed by atoms with E-state index in [9.17, 15) is 0 Å². The number of hydrogen-bond acceptors (Lipinski definition) is 4. The number of hydrogen-bond donors (Lipinski definition) is 1. The number of ether oxygens (including phenoxy) is 1. The first-order valence-electron chi connectivity index (χ1n) is 6.43. The molecule has 17 heavy (non-hydrogen) atoms. The van der Waals surface area contributed by atoms with Gasteiger partial charge in [-0.25, -0.2) is 0 Å². The molecule has 0 aromatic carbocycles. The molecule has 4 nitrogen and oxygen atoms in total. The molecule has 1 aliphatic heterocycles. The Hall–Kier alpha value is -0.840. The Balaban J connectivity index is 1.56. The van der Waals surface area contributed by atoms with E-state index in [2.05, 4.69) is 17.1 Å². The van der Waals surface area contributed by atoms with Crippen molar-refractivity contribution in [1.82, 2.24) is 10.2 Å². The minimum atomic E-state index is 0.301. The van der Waals surface area contributed by atoms with E-state index in [1.807, 2.05) is 12.1 Å². The van der Waals surface area contributed by atoms with Crippen LogP contribution in [0.4, 0.5) is 0 Å². The third-order valence-corrected chi connectivity index (χ3v) is 3.18. The highest BCUT2D eigenvalue weighted by Crippen LogP contribution is 2.11. The molecular weight excluding hydrogens is 216 g/mol. The first kappa shape index (κ1) is 12.6. The lowest BCUT2D eigenvalue weighted by Gasteiger charge is -2.26. The van der Waals surface area contributed by atoms with Crippen LogP contribution in [0.1, 0.15) is 25.1 Å². The number of nitrogens with zero attached hydrogens (tertiary/aromatic N) is 1. The van der Waals surface area contributed by atoms with Crippen LogP contribution in [0.2, 0.25) is 0 Å². The van der Waals surface area contributed by atoms with Gasteiger partial charge in [-0.05, 0) is 38.6 Å². The van der Waals surface area contributed by atoms with E-state index in [0.29, 0.717) is 6.04 Å². The van der Waals surface area contributed by atoms with Crippen molar-refractivity contribution < 1.29 is 9.15 Å². The van der Waals surface area contributed by atoms with Gasteiger partial charge in [0.05, 0.1) is 25.5 Å². The van der Waals surface area contributed by atoms with Crippen LogP contribution in [-0.2, 0) is 4.74 Å². The highest BCUT2D eigenvalue weighted by atomic mass is 16.5. The molecule has 1 aliphatic rings. The summed E-state index contributed by atoms with van der Waals surface area (Å²) < 4.78 is 10.7. The molecule has 1 aromatic rings. The largest absolute Gasteiger partial charge is 0.468 e. The van der Waals surface area contributed by atoms with Gasteiger partial charge >= 0.3 is 0 Å². The lowest BCUT2D eigenvalue weighted by atomic mass is 10.2. The van der Waals surface area contributed by atoms with Crippen LogP contribution in [0.15, 0.2) is 22.8 Å². The second-order valence-electron chi connectivity index (χ2n) is 4.50. The number of nitrogens with one attached hydrogen (secondary N) is 1. The van der Waals surface area contributed by atoms with Gasteiger partial charge in [0.2, 0.25) is 0 Å². The smallest absolute Gasteiger partial charge is 0.120 e. The number of rotatable bonds is 6. The van der Waals surface area contributed by atoms with Crippen LogP contribution in [0.3, 0.4) is 0 Å². The molecule has 1 unspecified atom stereocenters. The standard InChI is InChI=1S/C13H22N2O2/c1-12(13-4-2-9-17-13)14-5-3-6-15-7-10-16-11-8-15/h2,4,9,12,14H,3,5-8,10-11H2,1H3. The summed E-state index contributed by atoms with van der Waals surface area (Å²) in [6, 6.07) is 4.25. The quantitative estimate of drug-likeness (QED) is 0.765. The molecule has 96 valence electrons. The van der Waals surface area contributed by atoms with Gasteiger partial charge in [-0.15, -0.1) is 0 Å². The molecule has 2 rings (SSSR count). The highest BCUT2D eigenvalue weighted by molar-refractivity contribution is 5.02. The fourth-order valence-electron chi connectivity index (χ4n) is 2.08. The molecule has 0 aliphatic carbocycles. The summed E-state index contributed by atoms with van der Waals surface area (Å²) in [5, 5.41) is 3.47. The van der Waals surface area contributed by atoms with Crippen LogP contribution >= 0.6 is 0 Å². The third-order valence-electron chi connectivity index (χ3n) is 3.18. The Morgan fingerprint density at radius 3 is 2.94 bits per heavy atom. The Bertz CT molecular complexity index is 294. The summed E-state index contributed by atoms with van der Waals surface area (Å²) in [4.78, 5) is 2.46. The lowest BCUT2D eigenvalue weighted by molar-refractivity contribution is 0.0374. The van der Waals surface area contributed by atoms with Crippen molar-refractivity contribution in [2.24, 2.45) is 0 Å². The number of furan rings is 1. The zero-order valence-corrected chi connectivity index (χ0v) is 10.5. The zero-order valence-electron chi connectivity index (χ0n) is 10.5. The van der Waals surface area contributed by atoms with Gasteiger partial charge in [-0.3, -0.25) is 4.90 Å². The molecule has 2 heterocycles. The van der Waals surface area contributed by atoms with E-state index in [1.165, 1.54) is 6.42 Å². The fourth-order valence-corrected chi connectivity index (χ4v) is 2.08. The van der Waals surface area contributed by atoms with E-state index < -0.39 is 0 Å². The Morgan fingerprint density at radius 2 is 2.24 bits per heavy atom. The Labute approximate surface area is 103 Å². The highest BCUT2D eigenvalue weighted by Gasteiger charge is 2.10. The predicted molar refractivity (Wildman–Crippen MR) is 67.0 cm³/mol. The average molecular weight is 238 g/mol. The second-order valence-corrected chi connectivity index (χ2v) is 4.50. The minimum Gasteiger partial charge on any atom is -0.468 e. The predicted octanol–water partition coefficient (Wildman–Crippen LogP) is 1.65. The summed E-state index contributed by atoms with van der Waals surface area (Å²) >= 11 is 0. The second kappa shape index (κ2) is 6.79. The molecule has 0 amide bonds. The van der Waals surface area contributed by atoms with Crippen LogP contribution < -0.4 is 5.32 Å². The maximum absolute atomic E-state index is 5.35. The Kier molecular flexibility index (Phi) is 5.04. The summed E-state index contributed by atoms with van der Waals surface area (Å²) in [6.45, 7) is 8.24. The summed E-state index contributed by atoms with van der Waals surface area (Å²) in [6.07, 6.45) is 2.90. The van der Waals surface area contributed by atoms with Gasteiger partial charge in [0.1, 0.15) is 5.76 Å². The monoisotopic (exact) mass is 238 g/mol. The zero-order chi connectivity index (χ0) is 11.9. The van der Waals surface area contributed by atoms with E-state index in [0.717, 1.165) is 45.2 Å². The van der Waals surface area contributed by atoms with E-state index in [1.54, 1.807) is 6.26 Å². The maximum Gasteiger partial charge on any atom is 0.120 e. The van der Waals surface area contributed by atoms with E-state index in [-0.39, 0.29) is 0 Å². The summed E-state index contributed by atoms with van der Waals surface area (Å²) in [7, 11) is 0. The third kappa shape index (κ3) is 4.15. The van der Waals surface area contributed by atoms with Crippen LogP contribution in [0.5, 0.6) is 0 Å². The summed E-state index contributed by atoms with van der Waals surface area (Å²) in [5.41, 5.74) is 0. The van der Waals surface area contributed by atoms with Gasteiger partial charge in [0, 0.05) is 13.1 Å². The topological polar surface area (TPSA) is 37.6 Å². The minimum absolute atomic E-state index is 0.301. The van der Waals surface area contributed by atoms with Crippen molar-refractivity contribution in [1.29, 1.82) is 0 Å². The van der Waals surface area contributed by atoms with Crippen molar-refractivity contribution in [2.45, 2.75) is 19.4 Å². The fraction of sp³-hybridized carbons (Fsp3) is 0.692. The molecule has 0 saturated carbocycles. The number of morpholine rings is 1. The van der Waals surface area contributed by atoms with Gasteiger partial charge in [0.15, 0.2) is 0 Å². The molecule has 1 saturated heterocycles. The molecule has 1 N–H and O–H groups in total. The molecule has 1 atom stereocenters. The van der Waals surface area contributed by atoms with Gasteiger partial charge in [0.25, 0.3) is 0 Å². The van der Waals surface area contributed by atoms with Crippen LogP contribution in [-0.4, -0.2) is 44.3 Å². The first-order chi connectivity index (χ1) is 8.36. The molecule has 1 fully saturated rings. The SMILES string of the molecule is CC(NCCCN1CCOCC1)c1ccco1. The van der Waals surface area contributed by atoms with Gasteiger partial charge < -0.3 is 14.5 Å². The van der Waals surface area contributed by atoms with Crippen molar-refractivity contribution in [3.63, 3.8) is 0 Å². The van der Waals surface area contributed by atoms with Crippen molar-refractivity contribution in [3.8, 4) is 0 Å². The lowest BCUT2D eigenvalue weighted by Crippen LogP contribution is -2.37. The van der Waals surface area contributed by atoms with Gasteiger partial charge in [-0.2, -0.15) is 0 Å². The molecule has 0 radical (unpaired) electrons. The first-order valence-corrected chi connectivity index (χ1v) is 6.43. The summed E-state index contributed by atoms with van der Waals surface area (Å²) in [5.74, 6) is 1.01. The maximum atomic E-state index is 5.35. The van der Waals surface area contributed by atoms with Crippen molar-refractivity contribution >= 4 is 0 Å². The molecule has 1 aromatic heterocycles. The molecule has 0 spiro atoms. The molecular formula is C13H22N2O2. The molecule has 0 bridgehead atoms. The average Bonchev–Trinajstić information content (AvgIpc) is 2.89. The molecule has 4 heteroatoms. The Morgan fingerprint density at radius 1 is 1.41 bits per heavy atom. The van der Waals surface area contributed by atoms with Crippen molar-refractivity contribution in [2.75, 3.05) is 39.4 Å². The van der Waals surface area contributed by atoms with E-state index >= 15 is 0 Å². The van der Waals surface area contributed by atoms with Crippen LogP contribution in [0, 0.1) is 0 Å². The van der Waals surface area contributed by atoms with Crippen molar-refractivity contribution in [3.05, 3.63) is 24.2 Å².